The molecular weight excluding hydrogens is 300 g/mol. The van der Waals surface area contributed by atoms with Gasteiger partial charge in [0.15, 0.2) is 22.1 Å². The number of hydrogen-bond donors (Lipinski definition) is 2. The van der Waals surface area contributed by atoms with Gasteiger partial charge in [-0.15, -0.1) is 0 Å². The van der Waals surface area contributed by atoms with E-state index >= 15 is 0 Å². The van der Waals surface area contributed by atoms with Gasteiger partial charge in [-0.25, -0.2) is 9.97 Å². The molecule has 2 aromatic heterocycles. The lowest BCUT2D eigenvalue weighted by Gasteiger charge is -2.04. The van der Waals surface area contributed by atoms with Crippen LogP contribution in [0.2, 0.25) is 0 Å². The van der Waals surface area contributed by atoms with Crippen LogP contribution in [-0.2, 0) is 0 Å². The number of fused-ring (bicyclic) bond motifs is 1. The van der Waals surface area contributed by atoms with Gasteiger partial charge in [0, 0.05) is 5.56 Å². The number of carbonyl (C=O) groups is 1. The number of aryl methyl sites for hydroxylation is 2. The lowest BCUT2D eigenvalue weighted by atomic mass is 10.0. The van der Waals surface area contributed by atoms with E-state index in [0.29, 0.717) is 21.9 Å². The molecule has 22 heavy (non-hydrogen) atoms. The van der Waals surface area contributed by atoms with Crippen molar-refractivity contribution in [2.75, 3.05) is 5.75 Å². The molecule has 0 aliphatic carbocycles. The molecule has 0 radical (unpaired) electrons. The van der Waals surface area contributed by atoms with E-state index in [4.69, 9.17) is 0 Å². The van der Waals surface area contributed by atoms with Crippen molar-refractivity contribution < 1.29 is 4.79 Å². The molecule has 0 fully saturated rings. The molecule has 0 saturated heterocycles. The van der Waals surface area contributed by atoms with E-state index in [-0.39, 0.29) is 17.1 Å². The summed E-state index contributed by atoms with van der Waals surface area (Å²) in [6.45, 7) is 3.98. The van der Waals surface area contributed by atoms with Gasteiger partial charge in [-0.3, -0.25) is 14.6 Å². The summed E-state index contributed by atoms with van der Waals surface area (Å²) in [6.07, 6.45) is 1.42. The van der Waals surface area contributed by atoms with Crippen LogP contribution >= 0.6 is 11.8 Å². The number of ketones is 1. The molecule has 7 heteroatoms. The lowest BCUT2D eigenvalue weighted by Crippen LogP contribution is -2.10. The van der Waals surface area contributed by atoms with Crippen molar-refractivity contribution in [2.24, 2.45) is 0 Å². The Labute approximate surface area is 130 Å². The maximum absolute atomic E-state index is 12.2. The first-order chi connectivity index (χ1) is 10.5. The molecule has 3 aromatic rings. The van der Waals surface area contributed by atoms with Crippen LogP contribution in [0, 0.1) is 13.8 Å². The predicted molar refractivity (Wildman–Crippen MR) is 85.5 cm³/mol. The Morgan fingerprint density at radius 3 is 2.86 bits per heavy atom. The van der Waals surface area contributed by atoms with Gasteiger partial charge in [0.1, 0.15) is 0 Å². The fraction of sp³-hybridized carbons (Fsp3) is 0.200. The Morgan fingerprint density at radius 2 is 2.09 bits per heavy atom. The summed E-state index contributed by atoms with van der Waals surface area (Å²) in [4.78, 5) is 37.5. The normalized spacial score (nSPS) is 11.0. The third-order valence-electron chi connectivity index (χ3n) is 3.44. The molecule has 0 aliphatic heterocycles. The molecular formula is C15H14N4O2S. The van der Waals surface area contributed by atoms with Gasteiger partial charge in [-0.05, 0) is 31.0 Å². The molecule has 2 N–H and O–H groups in total. The summed E-state index contributed by atoms with van der Waals surface area (Å²) in [6, 6.07) is 5.63. The Balaban J connectivity index is 1.76. The maximum atomic E-state index is 12.2. The van der Waals surface area contributed by atoms with Crippen molar-refractivity contribution in [3.63, 3.8) is 0 Å². The van der Waals surface area contributed by atoms with Crippen LogP contribution in [0.3, 0.4) is 0 Å². The smallest absolute Gasteiger partial charge is 0.277 e. The third kappa shape index (κ3) is 2.80. The molecule has 3 rings (SSSR count). The van der Waals surface area contributed by atoms with E-state index in [2.05, 4.69) is 19.9 Å². The minimum Gasteiger partial charge on any atom is -0.339 e. The summed E-state index contributed by atoms with van der Waals surface area (Å²) in [5.41, 5.74) is 3.30. The maximum Gasteiger partial charge on any atom is 0.277 e. The topological polar surface area (TPSA) is 91.5 Å². The molecule has 0 spiro atoms. The van der Waals surface area contributed by atoms with Crippen molar-refractivity contribution in [1.29, 1.82) is 0 Å². The molecule has 112 valence electrons. The number of carbonyl (C=O) groups excluding carboxylic acids is 1. The van der Waals surface area contributed by atoms with Crippen molar-refractivity contribution in [2.45, 2.75) is 19.0 Å². The first-order valence-electron chi connectivity index (χ1n) is 6.71. The van der Waals surface area contributed by atoms with E-state index < -0.39 is 0 Å². The number of nitrogens with zero attached hydrogens (tertiary/aromatic N) is 2. The number of hydrogen-bond acceptors (Lipinski definition) is 5. The zero-order valence-electron chi connectivity index (χ0n) is 12.1. The standard InChI is InChI=1S/C15H14N4O2S/c1-8-3-4-10(5-9(8)2)11(20)6-22-15-18-13-12(14(21)19-15)16-7-17-13/h3-5,7H,6H2,1-2H3,(H2,16,17,18,19,21). The largest absolute Gasteiger partial charge is 0.339 e. The van der Waals surface area contributed by atoms with E-state index in [1.54, 1.807) is 0 Å². The van der Waals surface area contributed by atoms with Gasteiger partial charge in [0.05, 0.1) is 12.1 Å². The van der Waals surface area contributed by atoms with Crippen LogP contribution in [0.1, 0.15) is 21.5 Å². The number of aromatic amines is 2. The minimum absolute atomic E-state index is 0.00197. The van der Waals surface area contributed by atoms with Gasteiger partial charge >= 0.3 is 0 Å². The summed E-state index contributed by atoms with van der Waals surface area (Å²) in [7, 11) is 0. The summed E-state index contributed by atoms with van der Waals surface area (Å²) < 4.78 is 0. The molecule has 2 heterocycles. The number of nitrogens with one attached hydrogen (secondary N) is 2. The number of imidazole rings is 1. The average molecular weight is 314 g/mol. The fourth-order valence-corrected chi connectivity index (χ4v) is 2.77. The van der Waals surface area contributed by atoms with E-state index in [1.807, 2.05) is 32.0 Å². The van der Waals surface area contributed by atoms with Gasteiger partial charge in [0.25, 0.3) is 5.56 Å². The number of H-pyrrole nitrogens is 2. The molecule has 6 nitrogen and oxygen atoms in total. The van der Waals surface area contributed by atoms with Crippen LogP contribution < -0.4 is 5.56 Å². The summed E-state index contributed by atoms with van der Waals surface area (Å²) >= 11 is 1.20. The molecule has 0 aliphatic rings. The first-order valence-corrected chi connectivity index (χ1v) is 7.70. The van der Waals surface area contributed by atoms with Gasteiger partial charge in [0.2, 0.25) is 0 Å². The third-order valence-corrected chi connectivity index (χ3v) is 4.32. The fourth-order valence-electron chi connectivity index (χ4n) is 2.02. The van der Waals surface area contributed by atoms with E-state index in [0.717, 1.165) is 11.1 Å². The molecule has 0 unspecified atom stereocenters. The van der Waals surface area contributed by atoms with Crippen molar-refractivity contribution in [1.82, 2.24) is 19.9 Å². The number of aromatic nitrogens is 4. The van der Waals surface area contributed by atoms with Crippen molar-refractivity contribution in [3.8, 4) is 0 Å². The SMILES string of the molecule is Cc1ccc(C(=O)CSc2nc3nc[nH]c3c(=O)[nH]2)cc1C. The molecule has 1 aromatic carbocycles. The zero-order valence-corrected chi connectivity index (χ0v) is 13.0. The van der Waals surface area contributed by atoms with Gasteiger partial charge in [-0.1, -0.05) is 23.9 Å². The summed E-state index contributed by atoms with van der Waals surface area (Å²) in [5, 5.41) is 0.391. The van der Waals surface area contributed by atoms with Crippen LogP contribution in [0.4, 0.5) is 0 Å². The Kier molecular flexibility index (Phi) is 3.81. The zero-order chi connectivity index (χ0) is 15.7. The first kappa shape index (κ1) is 14.5. The highest BCUT2D eigenvalue weighted by atomic mass is 32.2. The molecule has 0 bridgehead atoms. The lowest BCUT2D eigenvalue weighted by molar-refractivity contribution is 0.102. The predicted octanol–water partition coefficient (Wildman–Crippen LogP) is 2.24. The second-order valence-corrected chi connectivity index (χ2v) is 5.95. The second kappa shape index (κ2) is 5.76. The molecule has 0 amide bonds. The number of thioether (sulfide) groups is 1. The highest BCUT2D eigenvalue weighted by molar-refractivity contribution is 7.99. The van der Waals surface area contributed by atoms with Gasteiger partial charge in [-0.2, -0.15) is 0 Å². The monoisotopic (exact) mass is 314 g/mol. The Bertz CT molecular complexity index is 913. The van der Waals surface area contributed by atoms with Crippen LogP contribution in [0.25, 0.3) is 11.2 Å². The number of Topliss-reactive ketones (excluding diaryl/α,β-unsaturated/α-hetero) is 1. The van der Waals surface area contributed by atoms with Crippen LogP contribution in [0.5, 0.6) is 0 Å². The second-order valence-electron chi connectivity index (χ2n) is 4.98. The minimum atomic E-state index is -0.288. The summed E-state index contributed by atoms with van der Waals surface area (Å²) in [5.74, 6) is 0.208. The van der Waals surface area contributed by atoms with Crippen molar-refractivity contribution in [3.05, 3.63) is 51.6 Å². The Morgan fingerprint density at radius 1 is 1.27 bits per heavy atom. The van der Waals surface area contributed by atoms with E-state index in [9.17, 15) is 9.59 Å². The Hall–Kier alpha value is -2.41. The molecule has 0 atom stereocenters. The highest BCUT2D eigenvalue weighted by Crippen LogP contribution is 2.17. The number of benzene rings is 1. The highest BCUT2D eigenvalue weighted by Gasteiger charge is 2.11. The van der Waals surface area contributed by atoms with Gasteiger partial charge < -0.3 is 4.98 Å². The van der Waals surface area contributed by atoms with E-state index in [1.165, 1.54) is 18.1 Å². The van der Waals surface area contributed by atoms with Crippen molar-refractivity contribution >= 4 is 28.7 Å². The quantitative estimate of drug-likeness (QED) is 0.438. The van der Waals surface area contributed by atoms with Crippen LogP contribution in [-0.4, -0.2) is 31.5 Å². The average Bonchev–Trinajstić information content (AvgIpc) is 2.96. The number of rotatable bonds is 4. The molecule has 0 saturated carbocycles. The van der Waals surface area contributed by atoms with Crippen LogP contribution in [0.15, 0.2) is 34.5 Å².